The highest BCUT2D eigenvalue weighted by Crippen LogP contribution is 2.36. The van der Waals surface area contributed by atoms with Gasteiger partial charge >= 0.3 is 0 Å². The molecule has 2 amide bonds. The minimum atomic E-state index is -3.19. The van der Waals surface area contributed by atoms with Crippen molar-refractivity contribution < 1.29 is 31.5 Å². The molecule has 0 fully saturated rings. The molecule has 1 aromatic heterocycles. The highest BCUT2D eigenvalue weighted by Gasteiger charge is 2.35. The lowest BCUT2D eigenvalue weighted by Crippen LogP contribution is -2.41. The summed E-state index contributed by atoms with van der Waals surface area (Å²) in [6, 6.07) is 19.5. The molecule has 12 nitrogen and oxygen atoms in total. The van der Waals surface area contributed by atoms with Gasteiger partial charge in [-0.2, -0.15) is 19.1 Å². The van der Waals surface area contributed by atoms with Gasteiger partial charge in [0.2, 0.25) is 10.0 Å². The zero-order chi connectivity index (χ0) is 34.4. The summed E-state index contributed by atoms with van der Waals surface area (Å²) in [7, 11) is 1.37. The van der Waals surface area contributed by atoms with Crippen molar-refractivity contribution in [2.24, 2.45) is 5.73 Å². The van der Waals surface area contributed by atoms with Crippen LogP contribution in [0.3, 0.4) is 0 Å². The molecule has 1 aliphatic rings. The van der Waals surface area contributed by atoms with Crippen LogP contribution in [0.5, 0.6) is 5.75 Å². The number of alkyl halides is 2. The Morgan fingerprint density at radius 1 is 1.09 bits per heavy atom. The summed E-state index contributed by atoms with van der Waals surface area (Å²) in [5, 5.41) is 16.2. The van der Waals surface area contributed by atoms with E-state index >= 15 is 0 Å². The fourth-order valence-corrected chi connectivity index (χ4v) is 5.33. The van der Waals surface area contributed by atoms with Gasteiger partial charge in [-0.3, -0.25) is 14.3 Å². The first-order chi connectivity index (χ1) is 22.3. The van der Waals surface area contributed by atoms with E-state index in [2.05, 4.69) is 10.4 Å². The highest BCUT2D eigenvalue weighted by atomic mass is 32.2. The summed E-state index contributed by atoms with van der Waals surface area (Å²) in [5.41, 5.74) is 5.95. The standard InChI is InChI=1S/C28H21F2N5O3.C4H12N2O2S/c1-38-24-12-7-18(15-19(24)16-31)26(36)33-23-17-32-35-14-13-34(27(37)25(23)35)22-10-8-21(9-11-22)28(29,30)20-5-3-2-4-6-20;1-6(2)9(7,8)4-3-5/h2-12,15,17H,13-14H2,1H3,(H,33,36);3-5H2,1-2H3. The average Bonchev–Trinajstić information content (AvgIpc) is 3.48. The van der Waals surface area contributed by atoms with Crippen LogP contribution in [0.2, 0.25) is 0 Å². The van der Waals surface area contributed by atoms with E-state index in [4.69, 9.17) is 10.5 Å². The van der Waals surface area contributed by atoms with Gasteiger partial charge in [0.05, 0.1) is 36.9 Å². The molecule has 4 aromatic rings. The van der Waals surface area contributed by atoms with Gasteiger partial charge < -0.3 is 20.7 Å². The van der Waals surface area contributed by atoms with Crippen LogP contribution in [-0.2, 0) is 22.5 Å². The molecular weight excluding hydrogens is 632 g/mol. The first-order valence-electron chi connectivity index (χ1n) is 14.2. The fourth-order valence-electron chi connectivity index (χ4n) is 4.67. The lowest BCUT2D eigenvalue weighted by molar-refractivity contribution is 0.0428. The molecule has 47 heavy (non-hydrogen) atoms. The van der Waals surface area contributed by atoms with Crippen LogP contribution in [0.4, 0.5) is 20.2 Å². The van der Waals surface area contributed by atoms with Gasteiger partial charge in [-0.15, -0.1) is 0 Å². The molecule has 0 spiro atoms. The summed E-state index contributed by atoms with van der Waals surface area (Å²) in [4.78, 5) is 27.7. The summed E-state index contributed by atoms with van der Waals surface area (Å²) >= 11 is 0. The molecule has 0 radical (unpaired) electrons. The molecule has 3 aromatic carbocycles. The van der Waals surface area contributed by atoms with E-state index in [1.807, 2.05) is 6.07 Å². The molecule has 2 heterocycles. The van der Waals surface area contributed by atoms with E-state index < -0.39 is 27.8 Å². The fraction of sp³-hybridized carbons (Fsp3) is 0.250. The molecule has 0 saturated carbocycles. The number of benzene rings is 3. The number of sulfonamides is 1. The summed E-state index contributed by atoms with van der Waals surface area (Å²) in [6.45, 7) is 0.805. The second-order valence-corrected chi connectivity index (χ2v) is 12.7. The van der Waals surface area contributed by atoms with Crippen LogP contribution in [0.15, 0.2) is 79.0 Å². The lowest BCUT2D eigenvalue weighted by atomic mass is 10.00. The smallest absolute Gasteiger partial charge is 0.298 e. The SMILES string of the molecule is CN(C)S(=O)(=O)CCN.COc1ccc(C(=O)Nc2cnn3c2C(=O)N(c2ccc(C(F)(F)c4ccccc4)cc2)CC3)cc1C#N. The summed E-state index contributed by atoms with van der Waals surface area (Å²) in [6.07, 6.45) is 1.38. The number of fused-ring (bicyclic) bond motifs is 1. The number of nitrogens with two attached hydrogens (primary N) is 1. The monoisotopic (exact) mass is 665 g/mol. The van der Waals surface area contributed by atoms with Gasteiger partial charge in [-0.25, -0.2) is 12.7 Å². The second-order valence-electron chi connectivity index (χ2n) is 10.4. The molecule has 246 valence electrons. The van der Waals surface area contributed by atoms with Crippen molar-refractivity contribution in [3.8, 4) is 11.8 Å². The van der Waals surface area contributed by atoms with Gasteiger partial charge in [0.15, 0.2) is 0 Å². The van der Waals surface area contributed by atoms with Crippen LogP contribution >= 0.6 is 0 Å². The third kappa shape index (κ3) is 7.63. The van der Waals surface area contributed by atoms with Crippen molar-refractivity contribution in [1.82, 2.24) is 14.1 Å². The number of methoxy groups -OCH3 is 1. The zero-order valence-corrected chi connectivity index (χ0v) is 26.7. The number of anilines is 2. The maximum Gasteiger partial charge on any atom is 0.298 e. The molecule has 0 bridgehead atoms. The maximum atomic E-state index is 14.9. The van der Waals surface area contributed by atoms with E-state index in [-0.39, 0.29) is 52.5 Å². The quantitative estimate of drug-likeness (QED) is 0.274. The number of amides is 2. The third-order valence-corrected chi connectivity index (χ3v) is 9.13. The van der Waals surface area contributed by atoms with E-state index in [1.165, 1.54) is 95.9 Å². The highest BCUT2D eigenvalue weighted by molar-refractivity contribution is 7.89. The number of halogens is 2. The normalized spacial score (nSPS) is 12.9. The Labute approximate surface area is 271 Å². The minimum absolute atomic E-state index is 0.0278. The molecule has 1 aliphatic heterocycles. The Balaban J connectivity index is 0.000000488. The number of hydrogen-bond acceptors (Lipinski definition) is 8. The number of ether oxygens (including phenoxy) is 1. The van der Waals surface area contributed by atoms with Crippen molar-refractivity contribution in [3.05, 3.63) is 107 Å². The second kappa shape index (κ2) is 14.5. The number of nitrogens with zero attached hydrogens (tertiary/aromatic N) is 5. The summed E-state index contributed by atoms with van der Waals surface area (Å²) < 4.78 is 59.2. The van der Waals surface area contributed by atoms with E-state index in [9.17, 15) is 32.0 Å². The number of carbonyl (C=O) groups excluding carboxylic acids is 2. The number of rotatable bonds is 9. The Morgan fingerprint density at radius 3 is 2.32 bits per heavy atom. The Morgan fingerprint density at radius 2 is 1.74 bits per heavy atom. The first kappa shape index (κ1) is 34.7. The maximum absolute atomic E-state index is 14.9. The molecule has 0 atom stereocenters. The Bertz CT molecular complexity index is 1890. The summed E-state index contributed by atoms with van der Waals surface area (Å²) in [5.74, 6) is -3.78. The van der Waals surface area contributed by atoms with Crippen LogP contribution in [0.1, 0.15) is 37.5 Å². The van der Waals surface area contributed by atoms with Crippen molar-refractivity contribution in [2.75, 3.05) is 50.3 Å². The van der Waals surface area contributed by atoms with Gasteiger partial charge in [0, 0.05) is 49.6 Å². The van der Waals surface area contributed by atoms with Gasteiger partial charge in [-0.05, 0) is 30.3 Å². The number of nitrogens with one attached hydrogen (secondary N) is 1. The van der Waals surface area contributed by atoms with Gasteiger partial charge in [0.1, 0.15) is 17.5 Å². The first-order valence-corrected chi connectivity index (χ1v) is 15.9. The molecular formula is C32H33F2N7O5S. The molecule has 5 rings (SSSR count). The minimum Gasteiger partial charge on any atom is -0.495 e. The molecule has 15 heteroatoms. The van der Waals surface area contributed by atoms with Gasteiger partial charge in [0.25, 0.3) is 17.7 Å². The lowest BCUT2D eigenvalue weighted by Gasteiger charge is -2.28. The van der Waals surface area contributed by atoms with Crippen LogP contribution in [-0.4, -0.2) is 74.4 Å². The van der Waals surface area contributed by atoms with E-state index in [1.54, 1.807) is 18.2 Å². The predicted molar refractivity (Wildman–Crippen MR) is 172 cm³/mol. The van der Waals surface area contributed by atoms with Crippen LogP contribution < -0.4 is 20.7 Å². The largest absolute Gasteiger partial charge is 0.495 e. The molecule has 0 saturated heterocycles. The Kier molecular flexibility index (Phi) is 10.7. The number of carbonyl (C=O) groups is 2. The van der Waals surface area contributed by atoms with Crippen LogP contribution in [0.25, 0.3) is 0 Å². The number of nitriles is 1. The van der Waals surface area contributed by atoms with E-state index in [0.29, 0.717) is 18.0 Å². The van der Waals surface area contributed by atoms with Crippen molar-refractivity contribution in [1.29, 1.82) is 5.26 Å². The Hall–Kier alpha value is -5.17. The van der Waals surface area contributed by atoms with Crippen LogP contribution in [0, 0.1) is 11.3 Å². The molecule has 0 unspecified atom stereocenters. The number of aromatic nitrogens is 2. The van der Waals surface area contributed by atoms with Gasteiger partial charge in [-0.1, -0.05) is 42.5 Å². The van der Waals surface area contributed by atoms with E-state index in [0.717, 1.165) is 0 Å². The average molecular weight is 666 g/mol. The predicted octanol–water partition coefficient (Wildman–Crippen LogP) is 3.65. The molecule has 3 N–H and O–H groups in total. The topological polar surface area (TPSA) is 164 Å². The third-order valence-electron chi connectivity index (χ3n) is 7.26. The van der Waals surface area contributed by atoms with Crippen molar-refractivity contribution in [3.63, 3.8) is 0 Å². The number of hydrogen-bond donors (Lipinski definition) is 2. The zero-order valence-electron chi connectivity index (χ0n) is 25.9. The van der Waals surface area contributed by atoms with Crippen molar-refractivity contribution in [2.45, 2.75) is 12.5 Å². The molecule has 0 aliphatic carbocycles. The van der Waals surface area contributed by atoms with Crippen molar-refractivity contribution >= 4 is 33.2 Å².